The van der Waals surface area contributed by atoms with Gasteiger partial charge in [-0.3, -0.25) is 4.79 Å². The van der Waals surface area contributed by atoms with Crippen LogP contribution in [-0.2, 0) is 4.79 Å². The van der Waals surface area contributed by atoms with E-state index in [0.717, 1.165) is 47.6 Å². The van der Waals surface area contributed by atoms with E-state index in [1.54, 1.807) is 12.5 Å². The Kier molecular flexibility index (Phi) is 5.62. The van der Waals surface area contributed by atoms with Crippen molar-refractivity contribution in [2.24, 2.45) is 0 Å². The summed E-state index contributed by atoms with van der Waals surface area (Å²) >= 11 is 1.50. The average Bonchev–Trinajstić information content (AvgIpc) is 3.19. The van der Waals surface area contributed by atoms with Gasteiger partial charge in [0.25, 0.3) is 0 Å². The first-order valence-electron chi connectivity index (χ1n) is 9.90. The number of nitrogens with zero attached hydrogens (tertiary/aromatic N) is 5. The Hall–Kier alpha value is -2.41. The molecule has 0 N–H and O–H groups in total. The zero-order valence-electron chi connectivity index (χ0n) is 16.3. The molecule has 1 amide bonds. The summed E-state index contributed by atoms with van der Waals surface area (Å²) in [5.41, 5.74) is 1.71. The van der Waals surface area contributed by atoms with Gasteiger partial charge in [-0.2, -0.15) is 5.10 Å². The molecule has 2 atom stereocenters. The number of hydrogen-bond acceptors (Lipinski definition) is 5. The Morgan fingerprint density at radius 2 is 2.07 bits per heavy atom. The molecule has 2 unspecified atom stereocenters. The number of carbonyl (C=O) groups excluding carboxylic acids is 1. The van der Waals surface area contributed by atoms with Gasteiger partial charge in [-0.1, -0.05) is 36.9 Å². The zero-order valence-corrected chi connectivity index (χ0v) is 17.1. The van der Waals surface area contributed by atoms with Crippen LogP contribution in [0, 0.1) is 0 Å². The van der Waals surface area contributed by atoms with Gasteiger partial charge >= 0.3 is 0 Å². The predicted octanol–water partition coefficient (Wildman–Crippen LogP) is 4.09. The van der Waals surface area contributed by atoms with Crippen molar-refractivity contribution in [3.8, 4) is 5.69 Å². The molecule has 1 aliphatic rings. The van der Waals surface area contributed by atoms with E-state index < -0.39 is 0 Å². The number of hydrogen-bond donors (Lipinski definition) is 0. The van der Waals surface area contributed by atoms with Crippen molar-refractivity contribution in [1.82, 2.24) is 24.6 Å². The van der Waals surface area contributed by atoms with Gasteiger partial charge in [-0.25, -0.2) is 14.6 Å². The molecule has 7 heteroatoms. The van der Waals surface area contributed by atoms with Crippen molar-refractivity contribution >= 4 is 28.7 Å². The van der Waals surface area contributed by atoms with Gasteiger partial charge in [0.1, 0.15) is 11.4 Å². The monoisotopic (exact) mass is 395 g/mol. The first-order chi connectivity index (χ1) is 13.7. The van der Waals surface area contributed by atoms with Gasteiger partial charge in [0.15, 0.2) is 5.65 Å². The summed E-state index contributed by atoms with van der Waals surface area (Å²) in [6.07, 6.45) is 7.79. The fourth-order valence-electron chi connectivity index (χ4n) is 3.84. The quantitative estimate of drug-likeness (QED) is 0.481. The average molecular weight is 396 g/mol. The minimum absolute atomic E-state index is 0.190. The topological polar surface area (TPSA) is 63.9 Å². The summed E-state index contributed by atoms with van der Waals surface area (Å²) in [5.74, 6) is 0.207. The first-order valence-corrected chi connectivity index (χ1v) is 10.8. The van der Waals surface area contributed by atoms with Crippen LogP contribution in [0.25, 0.3) is 16.7 Å². The molecule has 3 aromatic rings. The summed E-state index contributed by atoms with van der Waals surface area (Å²) in [6, 6.07) is 10.3. The summed E-state index contributed by atoms with van der Waals surface area (Å²) < 4.78 is 1.81. The lowest BCUT2D eigenvalue weighted by atomic mass is 10.00. The van der Waals surface area contributed by atoms with Gasteiger partial charge < -0.3 is 4.90 Å². The number of benzene rings is 1. The summed E-state index contributed by atoms with van der Waals surface area (Å²) in [6.45, 7) is 5.01. The molecule has 1 aliphatic heterocycles. The molecule has 6 nitrogen and oxygen atoms in total. The van der Waals surface area contributed by atoms with Gasteiger partial charge in [0.2, 0.25) is 5.91 Å². The Bertz CT molecular complexity index is 958. The van der Waals surface area contributed by atoms with E-state index in [4.69, 9.17) is 0 Å². The number of piperidine rings is 1. The second-order valence-electron chi connectivity index (χ2n) is 7.16. The molecule has 1 aromatic carbocycles. The van der Waals surface area contributed by atoms with E-state index in [1.165, 1.54) is 18.2 Å². The standard InChI is InChI=1S/C21H25N5OS/c1-3-16-9-7-8-12-25(16)21(27)15(2)28-20-18-13-24-26(19(18)22-14-23-20)17-10-5-4-6-11-17/h4-6,10-11,13-16H,3,7-9,12H2,1-2H3. The number of aromatic nitrogens is 4. The Labute approximate surface area is 169 Å². The highest BCUT2D eigenvalue weighted by atomic mass is 32.2. The smallest absolute Gasteiger partial charge is 0.236 e. The largest absolute Gasteiger partial charge is 0.339 e. The van der Waals surface area contributed by atoms with Crippen molar-refractivity contribution in [3.63, 3.8) is 0 Å². The molecule has 1 fully saturated rings. The van der Waals surface area contributed by atoms with Gasteiger partial charge in [0.05, 0.1) is 22.5 Å². The van der Waals surface area contributed by atoms with Crippen LogP contribution in [0.2, 0.25) is 0 Å². The van der Waals surface area contributed by atoms with Gasteiger partial charge in [-0.15, -0.1) is 0 Å². The van der Waals surface area contributed by atoms with E-state index in [1.807, 2.05) is 41.9 Å². The zero-order chi connectivity index (χ0) is 19.5. The molecule has 0 bridgehead atoms. The van der Waals surface area contributed by atoms with Crippen LogP contribution in [0.4, 0.5) is 0 Å². The molecule has 0 spiro atoms. The minimum atomic E-state index is -0.190. The molecule has 146 valence electrons. The second kappa shape index (κ2) is 8.31. The summed E-state index contributed by atoms with van der Waals surface area (Å²) in [7, 11) is 0. The van der Waals surface area contributed by atoms with E-state index in [-0.39, 0.29) is 11.2 Å². The van der Waals surface area contributed by atoms with Crippen molar-refractivity contribution in [2.45, 2.75) is 55.8 Å². The molecule has 0 saturated carbocycles. The lowest BCUT2D eigenvalue weighted by molar-refractivity contribution is -0.134. The van der Waals surface area contributed by atoms with Crippen LogP contribution in [0.3, 0.4) is 0 Å². The second-order valence-corrected chi connectivity index (χ2v) is 8.49. The van der Waals surface area contributed by atoms with Crippen molar-refractivity contribution in [2.75, 3.05) is 6.54 Å². The molecule has 2 aromatic heterocycles. The number of carbonyl (C=O) groups is 1. The first kappa shape index (κ1) is 18.9. The number of fused-ring (bicyclic) bond motifs is 1. The van der Waals surface area contributed by atoms with Crippen molar-refractivity contribution in [1.29, 1.82) is 0 Å². The Morgan fingerprint density at radius 1 is 1.25 bits per heavy atom. The maximum atomic E-state index is 13.1. The highest BCUT2D eigenvalue weighted by molar-refractivity contribution is 8.00. The molecule has 4 rings (SSSR count). The molecule has 0 aliphatic carbocycles. The minimum Gasteiger partial charge on any atom is -0.339 e. The third-order valence-corrected chi connectivity index (χ3v) is 6.45. The van der Waals surface area contributed by atoms with Crippen LogP contribution in [0.1, 0.15) is 39.5 Å². The van der Waals surface area contributed by atoms with Crippen LogP contribution in [0.5, 0.6) is 0 Å². The SMILES string of the molecule is CCC1CCCCN1C(=O)C(C)Sc1ncnc2c1cnn2-c1ccccc1. The number of para-hydroxylation sites is 1. The van der Waals surface area contributed by atoms with Gasteiger partial charge in [-0.05, 0) is 44.7 Å². The molecule has 3 heterocycles. The lowest BCUT2D eigenvalue weighted by Crippen LogP contribution is -2.46. The van der Waals surface area contributed by atoms with E-state index in [0.29, 0.717) is 6.04 Å². The van der Waals surface area contributed by atoms with Crippen molar-refractivity contribution in [3.05, 3.63) is 42.9 Å². The van der Waals surface area contributed by atoms with E-state index >= 15 is 0 Å². The lowest BCUT2D eigenvalue weighted by Gasteiger charge is -2.36. The summed E-state index contributed by atoms with van der Waals surface area (Å²) in [5, 5.41) is 5.99. The van der Waals surface area contributed by atoms with Crippen LogP contribution < -0.4 is 0 Å². The van der Waals surface area contributed by atoms with Crippen LogP contribution in [0.15, 0.2) is 47.9 Å². The maximum absolute atomic E-state index is 13.1. The van der Waals surface area contributed by atoms with Crippen molar-refractivity contribution < 1.29 is 4.79 Å². The highest BCUT2D eigenvalue weighted by Gasteiger charge is 2.29. The Balaban J connectivity index is 1.58. The molecule has 0 radical (unpaired) electrons. The normalized spacial score (nSPS) is 18.4. The van der Waals surface area contributed by atoms with E-state index in [2.05, 4.69) is 26.9 Å². The number of rotatable bonds is 5. The molecular formula is C21H25N5OS. The fraction of sp³-hybridized carbons (Fsp3) is 0.429. The highest BCUT2D eigenvalue weighted by Crippen LogP contribution is 2.31. The fourth-order valence-corrected chi connectivity index (χ4v) is 4.79. The number of likely N-dealkylation sites (tertiary alicyclic amines) is 1. The Morgan fingerprint density at radius 3 is 2.86 bits per heavy atom. The van der Waals surface area contributed by atoms with Gasteiger partial charge in [0, 0.05) is 12.6 Å². The summed E-state index contributed by atoms with van der Waals surface area (Å²) in [4.78, 5) is 24.0. The molecular weight excluding hydrogens is 370 g/mol. The molecule has 1 saturated heterocycles. The third kappa shape index (κ3) is 3.63. The number of amides is 1. The molecule has 28 heavy (non-hydrogen) atoms. The maximum Gasteiger partial charge on any atom is 0.236 e. The van der Waals surface area contributed by atoms with E-state index in [9.17, 15) is 4.79 Å². The predicted molar refractivity (Wildman–Crippen MR) is 112 cm³/mol. The van der Waals surface area contributed by atoms with Crippen LogP contribution >= 0.6 is 11.8 Å². The number of thioether (sulfide) groups is 1. The third-order valence-electron chi connectivity index (χ3n) is 5.35. The van der Waals surface area contributed by atoms with Crippen LogP contribution in [-0.4, -0.2) is 48.4 Å².